The molecule has 1 saturated heterocycles. The van der Waals surface area contributed by atoms with E-state index in [9.17, 15) is 0 Å². The topological polar surface area (TPSA) is 21.3 Å². The number of hydrogen-bond acceptors (Lipinski definition) is 2. The quantitative estimate of drug-likeness (QED) is 0.671. The molecule has 0 spiro atoms. The maximum Gasteiger partial charge on any atom is 0.142 e. The van der Waals surface area contributed by atoms with E-state index in [0.717, 1.165) is 23.6 Å². The van der Waals surface area contributed by atoms with E-state index in [4.69, 9.17) is 4.74 Å². The van der Waals surface area contributed by atoms with Gasteiger partial charge in [-0.05, 0) is 13.0 Å². The fraction of sp³-hybridized carbons (Fsp3) is 0.455. The van der Waals surface area contributed by atoms with E-state index in [1.807, 2.05) is 26.8 Å². The predicted octanol–water partition coefficient (Wildman–Crippen LogP) is 2.61. The second kappa shape index (κ2) is 6.35. The van der Waals surface area contributed by atoms with Crippen LogP contribution < -0.4 is 5.32 Å². The minimum Gasteiger partial charge on any atom is -0.490 e. The zero-order valence-corrected chi connectivity index (χ0v) is 8.81. The highest BCUT2D eigenvalue weighted by Crippen LogP contribution is 2.12. The van der Waals surface area contributed by atoms with Crippen molar-refractivity contribution in [3.8, 4) is 0 Å². The molecule has 1 heterocycles. The van der Waals surface area contributed by atoms with Gasteiger partial charge in [0.15, 0.2) is 0 Å². The Morgan fingerprint density at radius 1 is 1.54 bits per heavy atom. The van der Waals surface area contributed by atoms with Crippen LogP contribution in [-0.4, -0.2) is 13.2 Å². The average molecular weight is 181 g/mol. The highest BCUT2D eigenvalue weighted by Gasteiger charge is 2.08. The highest BCUT2D eigenvalue weighted by atomic mass is 16.5. The standard InChI is InChI=1S/C9H13NO.C2H6/c1-7(2)6-9-8(3)10-4-5-11-9;1-2/h6,10H,1,3-5H2,2H3;1-2H3/b9-6+;. The summed E-state index contributed by atoms with van der Waals surface area (Å²) in [5.74, 6) is 0.809. The maximum atomic E-state index is 5.34. The maximum absolute atomic E-state index is 5.34. The lowest BCUT2D eigenvalue weighted by Gasteiger charge is -2.20. The molecule has 0 atom stereocenters. The second-order valence-electron chi connectivity index (χ2n) is 2.61. The first-order valence-electron chi connectivity index (χ1n) is 4.63. The van der Waals surface area contributed by atoms with Crippen LogP contribution in [0.1, 0.15) is 20.8 Å². The van der Waals surface area contributed by atoms with Crippen LogP contribution in [-0.2, 0) is 4.74 Å². The molecule has 74 valence electrons. The fourth-order valence-corrected chi connectivity index (χ4v) is 0.890. The number of nitrogens with one attached hydrogen (secondary N) is 1. The highest BCUT2D eigenvalue weighted by molar-refractivity contribution is 5.29. The third kappa shape index (κ3) is 4.41. The molecule has 0 bridgehead atoms. The lowest BCUT2D eigenvalue weighted by molar-refractivity contribution is 0.197. The molecule has 2 heteroatoms. The molecular weight excluding hydrogens is 162 g/mol. The minimum atomic E-state index is 0.706. The van der Waals surface area contributed by atoms with Gasteiger partial charge in [0.2, 0.25) is 0 Å². The van der Waals surface area contributed by atoms with Crippen molar-refractivity contribution in [2.75, 3.05) is 13.2 Å². The molecule has 1 N–H and O–H groups in total. The lowest BCUT2D eigenvalue weighted by atomic mass is 10.2. The SMILES string of the molecule is C=C(C)/C=C1/OCCNC1=C.CC. The zero-order valence-electron chi connectivity index (χ0n) is 8.81. The average Bonchev–Trinajstić information content (AvgIpc) is 2.12. The summed E-state index contributed by atoms with van der Waals surface area (Å²) >= 11 is 0. The normalized spacial score (nSPS) is 18.1. The van der Waals surface area contributed by atoms with E-state index in [0.29, 0.717) is 6.61 Å². The van der Waals surface area contributed by atoms with Gasteiger partial charge in [-0.2, -0.15) is 0 Å². The van der Waals surface area contributed by atoms with Crippen LogP contribution in [0.15, 0.2) is 36.3 Å². The first kappa shape index (κ1) is 11.8. The van der Waals surface area contributed by atoms with Crippen molar-refractivity contribution in [2.24, 2.45) is 0 Å². The summed E-state index contributed by atoms with van der Waals surface area (Å²) < 4.78 is 5.34. The van der Waals surface area contributed by atoms with Crippen LogP contribution in [0, 0.1) is 0 Å². The van der Waals surface area contributed by atoms with Gasteiger partial charge in [-0.25, -0.2) is 0 Å². The van der Waals surface area contributed by atoms with Gasteiger partial charge < -0.3 is 10.1 Å². The van der Waals surface area contributed by atoms with Gasteiger partial charge in [0, 0.05) is 6.54 Å². The van der Waals surface area contributed by atoms with Crippen molar-refractivity contribution in [1.82, 2.24) is 5.32 Å². The van der Waals surface area contributed by atoms with Crippen molar-refractivity contribution in [3.63, 3.8) is 0 Å². The summed E-state index contributed by atoms with van der Waals surface area (Å²) in [5.41, 5.74) is 1.82. The summed E-state index contributed by atoms with van der Waals surface area (Å²) in [6.45, 7) is 15.0. The van der Waals surface area contributed by atoms with E-state index in [2.05, 4.69) is 18.5 Å². The van der Waals surface area contributed by atoms with Crippen molar-refractivity contribution in [1.29, 1.82) is 0 Å². The van der Waals surface area contributed by atoms with E-state index in [-0.39, 0.29) is 0 Å². The Hall–Kier alpha value is -1.18. The van der Waals surface area contributed by atoms with Crippen LogP contribution in [0.3, 0.4) is 0 Å². The number of ether oxygens (including phenoxy) is 1. The van der Waals surface area contributed by atoms with Crippen LogP contribution >= 0.6 is 0 Å². The largest absolute Gasteiger partial charge is 0.490 e. The van der Waals surface area contributed by atoms with Gasteiger partial charge in [0.1, 0.15) is 12.4 Å². The van der Waals surface area contributed by atoms with Gasteiger partial charge in [-0.3, -0.25) is 0 Å². The Balaban J connectivity index is 0.000000671. The van der Waals surface area contributed by atoms with Crippen LogP contribution in [0.2, 0.25) is 0 Å². The van der Waals surface area contributed by atoms with Gasteiger partial charge in [0.05, 0.1) is 5.70 Å². The van der Waals surface area contributed by atoms with Gasteiger partial charge in [-0.15, -0.1) is 0 Å². The van der Waals surface area contributed by atoms with E-state index < -0.39 is 0 Å². The van der Waals surface area contributed by atoms with E-state index in [1.165, 1.54) is 0 Å². The van der Waals surface area contributed by atoms with Crippen molar-refractivity contribution in [2.45, 2.75) is 20.8 Å². The Labute approximate surface area is 81.0 Å². The van der Waals surface area contributed by atoms with Crippen LogP contribution in [0.4, 0.5) is 0 Å². The monoisotopic (exact) mass is 181 g/mol. The van der Waals surface area contributed by atoms with Gasteiger partial charge in [0.25, 0.3) is 0 Å². The molecule has 1 aliphatic rings. The molecule has 0 amide bonds. The molecule has 0 aromatic carbocycles. The molecule has 2 nitrogen and oxygen atoms in total. The Morgan fingerprint density at radius 3 is 2.62 bits per heavy atom. The van der Waals surface area contributed by atoms with Gasteiger partial charge >= 0.3 is 0 Å². The van der Waals surface area contributed by atoms with Crippen LogP contribution in [0.25, 0.3) is 0 Å². The summed E-state index contributed by atoms with van der Waals surface area (Å²) in [5, 5.41) is 3.11. The Bertz CT molecular complexity index is 216. The first-order valence-corrected chi connectivity index (χ1v) is 4.63. The lowest BCUT2D eigenvalue weighted by Crippen LogP contribution is -2.26. The smallest absolute Gasteiger partial charge is 0.142 e. The van der Waals surface area contributed by atoms with Crippen molar-refractivity contribution < 1.29 is 4.74 Å². The minimum absolute atomic E-state index is 0.706. The van der Waals surface area contributed by atoms with Gasteiger partial charge in [-0.1, -0.05) is 32.6 Å². The third-order valence-corrected chi connectivity index (χ3v) is 1.37. The Morgan fingerprint density at radius 2 is 2.15 bits per heavy atom. The van der Waals surface area contributed by atoms with E-state index >= 15 is 0 Å². The molecule has 1 rings (SSSR count). The van der Waals surface area contributed by atoms with Crippen molar-refractivity contribution in [3.05, 3.63) is 36.3 Å². The first-order chi connectivity index (χ1) is 6.20. The molecular formula is C11H19NO. The molecule has 0 aliphatic carbocycles. The van der Waals surface area contributed by atoms with E-state index in [1.54, 1.807) is 0 Å². The molecule has 1 fully saturated rings. The molecule has 0 aromatic heterocycles. The molecule has 0 radical (unpaired) electrons. The molecule has 0 saturated carbocycles. The number of allylic oxidation sites excluding steroid dienone is 2. The Kier molecular flexibility index (Phi) is 5.77. The third-order valence-electron chi connectivity index (χ3n) is 1.37. The summed E-state index contributed by atoms with van der Waals surface area (Å²) in [7, 11) is 0. The fourth-order valence-electron chi connectivity index (χ4n) is 0.890. The number of hydrogen-bond donors (Lipinski definition) is 1. The summed E-state index contributed by atoms with van der Waals surface area (Å²) in [6.07, 6.45) is 1.88. The predicted molar refractivity (Wildman–Crippen MR) is 57.3 cm³/mol. The molecule has 0 unspecified atom stereocenters. The summed E-state index contributed by atoms with van der Waals surface area (Å²) in [6, 6.07) is 0. The number of rotatable bonds is 1. The molecule has 13 heavy (non-hydrogen) atoms. The number of morpholine rings is 1. The van der Waals surface area contributed by atoms with Crippen molar-refractivity contribution >= 4 is 0 Å². The molecule has 1 aliphatic heterocycles. The molecule has 0 aromatic rings. The zero-order chi connectivity index (χ0) is 10.3. The van der Waals surface area contributed by atoms with Crippen LogP contribution in [0.5, 0.6) is 0 Å². The second-order valence-corrected chi connectivity index (χ2v) is 2.61. The summed E-state index contributed by atoms with van der Waals surface area (Å²) in [4.78, 5) is 0.